The molecule has 138 valence electrons. The van der Waals surface area contributed by atoms with Crippen molar-refractivity contribution >= 4 is 11.5 Å². The van der Waals surface area contributed by atoms with Crippen LogP contribution in [0.2, 0.25) is 0 Å². The summed E-state index contributed by atoms with van der Waals surface area (Å²) in [6.45, 7) is 3.80. The topological polar surface area (TPSA) is 63.0 Å². The van der Waals surface area contributed by atoms with Gasteiger partial charge in [0, 0.05) is 11.8 Å². The van der Waals surface area contributed by atoms with E-state index in [9.17, 15) is 4.79 Å². The minimum absolute atomic E-state index is 0.139. The second-order valence-electron chi connectivity index (χ2n) is 6.55. The van der Waals surface area contributed by atoms with Crippen LogP contribution in [0.25, 0.3) is 16.9 Å². The first-order valence-corrected chi connectivity index (χ1v) is 9.08. The van der Waals surface area contributed by atoms with Gasteiger partial charge in [-0.05, 0) is 37.6 Å². The van der Waals surface area contributed by atoms with Crippen LogP contribution in [0.5, 0.6) is 0 Å². The molecule has 5 heteroatoms. The van der Waals surface area contributed by atoms with Crippen LogP contribution in [-0.4, -0.2) is 20.5 Å². The second-order valence-corrected chi connectivity index (χ2v) is 6.55. The molecular weight excluding hydrogens is 348 g/mol. The SMILES string of the molecule is CC(=Nc1ncccc1C)c1c(-c2ccccc2)[nH]n(-c2ccccc2)c1=O. The van der Waals surface area contributed by atoms with E-state index in [0.29, 0.717) is 17.1 Å². The van der Waals surface area contributed by atoms with Gasteiger partial charge in [-0.2, -0.15) is 0 Å². The van der Waals surface area contributed by atoms with E-state index in [1.165, 1.54) is 0 Å². The number of hydrogen-bond acceptors (Lipinski definition) is 3. The third-order valence-corrected chi connectivity index (χ3v) is 4.58. The Balaban J connectivity index is 1.94. The Morgan fingerprint density at radius 2 is 1.64 bits per heavy atom. The van der Waals surface area contributed by atoms with Crippen LogP contribution in [0.15, 0.2) is 88.8 Å². The van der Waals surface area contributed by atoms with Crippen molar-refractivity contribution in [2.24, 2.45) is 4.99 Å². The van der Waals surface area contributed by atoms with Gasteiger partial charge in [0.05, 0.1) is 22.7 Å². The number of aliphatic imine (C=N–C) groups is 1. The standard InChI is InChI=1S/C23H20N4O/c1-16-10-9-15-24-22(16)25-17(2)20-21(18-11-5-3-6-12-18)26-27(23(20)28)19-13-7-4-8-14-19/h3-15,26H,1-2H3. The summed E-state index contributed by atoms with van der Waals surface area (Å²) in [4.78, 5) is 22.3. The van der Waals surface area contributed by atoms with Gasteiger partial charge in [0.15, 0.2) is 5.82 Å². The molecule has 0 atom stereocenters. The lowest BCUT2D eigenvalue weighted by molar-refractivity contribution is 0.852. The Kier molecular flexibility index (Phi) is 4.72. The molecule has 2 aromatic heterocycles. The first-order chi connectivity index (χ1) is 13.6. The molecule has 2 heterocycles. The van der Waals surface area contributed by atoms with Gasteiger partial charge in [-0.25, -0.2) is 14.7 Å². The molecule has 2 aromatic carbocycles. The van der Waals surface area contributed by atoms with Crippen LogP contribution in [0, 0.1) is 6.92 Å². The van der Waals surface area contributed by atoms with E-state index in [1.807, 2.05) is 86.6 Å². The Bertz CT molecular complexity index is 1190. The molecule has 0 spiro atoms. The van der Waals surface area contributed by atoms with E-state index >= 15 is 0 Å². The fourth-order valence-electron chi connectivity index (χ4n) is 3.15. The zero-order chi connectivity index (χ0) is 19.5. The van der Waals surface area contributed by atoms with E-state index in [0.717, 1.165) is 22.5 Å². The molecule has 28 heavy (non-hydrogen) atoms. The molecule has 0 amide bonds. The number of aryl methyl sites for hydroxylation is 1. The Morgan fingerprint density at radius 3 is 2.32 bits per heavy atom. The van der Waals surface area contributed by atoms with Crippen LogP contribution < -0.4 is 5.56 Å². The zero-order valence-corrected chi connectivity index (χ0v) is 15.8. The van der Waals surface area contributed by atoms with Crippen molar-refractivity contribution in [2.45, 2.75) is 13.8 Å². The summed E-state index contributed by atoms with van der Waals surface area (Å²) in [5.41, 5.74) is 4.43. The molecule has 0 saturated heterocycles. The molecule has 1 N–H and O–H groups in total. The number of benzene rings is 2. The smallest absolute Gasteiger partial charge is 0.280 e. The maximum absolute atomic E-state index is 13.3. The number of nitrogens with one attached hydrogen (secondary N) is 1. The third-order valence-electron chi connectivity index (χ3n) is 4.58. The molecule has 0 unspecified atom stereocenters. The van der Waals surface area contributed by atoms with Crippen molar-refractivity contribution < 1.29 is 0 Å². The predicted octanol–water partition coefficient (Wildman–Crippen LogP) is 4.68. The van der Waals surface area contributed by atoms with Crippen LogP contribution in [0.4, 0.5) is 5.82 Å². The summed E-state index contributed by atoms with van der Waals surface area (Å²) in [6, 6.07) is 23.2. The zero-order valence-electron chi connectivity index (χ0n) is 15.8. The first-order valence-electron chi connectivity index (χ1n) is 9.08. The molecule has 0 saturated carbocycles. The number of aromatic amines is 1. The van der Waals surface area contributed by atoms with Crippen LogP contribution in [0.1, 0.15) is 18.1 Å². The highest BCUT2D eigenvalue weighted by Crippen LogP contribution is 2.23. The minimum atomic E-state index is -0.139. The van der Waals surface area contributed by atoms with Gasteiger partial charge in [-0.1, -0.05) is 54.6 Å². The average Bonchev–Trinajstić information content (AvgIpc) is 3.08. The van der Waals surface area contributed by atoms with Crippen LogP contribution in [0.3, 0.4) is 0 Å². The molecule has 0 aliphatic heterocycles. The van der Waals surface area contributed by atoms with Crippen LogP contribution >= 0.6 is 0 Å². The third kappa shape index (κ3) is 3.30. The van der Waals surface area contributed by atoms with Crippen molar-refractivity contribution in [3.05, 3.63) is 100 Å². The first kappa shape index (κ1) is 17.7. The van der Waals surface area contributed by atoms with E-state index in [-0.39, 0.29) is 5.56 Å². The fraction of sp³-hybridized carbons (Fsp3) is 0.0870. The van der Waals surface area contributed by atoms with Gasteiger partial charge in [-0.3, -0.25) is 9.89 Å². The maximum atomic E-state index is 13.3. The molecule has 4 aromatic rings. The Hall–Kier alpha value is -3.73. The molecule has 5 nitrogen and oxygen atoms in total. The normalized spacial score (nSPS) is 11.6. The summed E-state index contributed by atoms with van der Waals surface area (Å²) in [5, 5.41) is 3.27. The maximum Gasteiger partial charge on any atom is 0.280 e. The highest BCUT2D eigenvalue weighted by Gasteiger charge is 2.19. The van der Waals surface area contributed by atoms with Crippen molar-refractivity contribution in [3.63, 3.8) is 0 Å². The van der Waals surface area contributed by atoms with Gasteiger partial charge >= 0.3 is 0 Å². The summed E-state index contributed by atoms with van der Waals surface area (Å²) < 4.78 is 1.56. The second kappa shape index (κ2) is 7.48. The lowest BCUT2D eigenvalue weighted by Gasteiger charge is -2.04. The summed E-state index contributed by atoms with van der Waals surface area (Å²) >= 11 is 0. The molecule has 0 bridgehead atoms. The number of hydrogen-bond donors (Lipinski definition) is 1. The molecule has 4 rings (SSSR count). The number of pyridine rings is 1. The highest BCUT2D eigenvalue weighted by molar-refractivity contribution is 6.04. The van der Waals surface area contributed by atoms with E-state index in [1.54, 1.807) is 10.9 Å². The van der Waals surface area contributed by atoms with Crippen molar-refractivity contribution in [3.8, 4) is 16.9 Å². The van der Waals surface area contributed by atoms with Crippen molar-refractivity contribution in [1.29, 1.82) is 0 Å². The molecule has 0 aliphatic carbocycles. The monoisotopic (exact) mass is 368 g/mol. The number of nitrogens with zero attached hydrogens (tertiary/aromatic N) is 3. The quantitative estimate of drug-likeness (QED) is 0.532. The van der Waals surface area contributed by atoms with Gasteiger partial charge in [-0.15, -0.1) is 0 Å². The largest absolute Gasteiger partial charge is 0.290 e. The number of rotatable bonds is 4. The van der Waals surface area contributed by atoms with E-state index < -0.39 is 0 Å². The highest BCUT2D eigenvalue weighted by atomic mass is 16.1. The predicted molar refractivity (Wildman–Crippen MR) is 113 cm³/mol. The summed E-state index contributed by atoms with van der Waals surface area (Å²) in [5.74, 6) is 0.617. The number of aromatic nitrogens is 3. The Labute approximate surface area is 163 Å². The molecule has 0 radical (unpaired) electrons. The fourth-order valence-corrected chi connectivity index (χ4v) is 3.15. The van der Waals surface area contributed by atoms with E-state index in [4.69, 9.17) is 0 Å². The van der Waals surface area contributed by atoms with Gasteiger partial charge in [0.25, 0.3) is 5.56 Å². The van der Waals surface area contributed by atoms with Crippen molar-refractivity contribution in [2.75, 3.05) is 0 Å². The van der Waals surface area contributed by atoms with Gasteiger partial charge in [0.1, 0.15) is 0 Å². The lowest BCUT2D eigenvalue weighted by atomic mass is 10.1. The van der Waals surface area contributed by atoms with Gasteiger partial charge < -0.3 is 0 Å². The average molecular weight is 368 g/mol. The van der Waals surface area contributed by atoms with Crippen LogP contribution in [-0.2, 0) is 0 Å². The molecular formula is C23H20N4O. The summed E-state index contributed by atoms with van der Waals surface area (Å²) in [6.07, 6.45) is 1.70. The number of H-pyrrole nitrogens is 1. The number of para-hydroxylation sites is 1. The van der Waals surface area contributed by atoms with Crippen molar-refractivity contribution in [1.82, 2.24) is 14.8 Å². The van der Waals surface area contributed by atoms with E-state index in [2.05, 4.69) is 15.1 Å². The molecule has 0 aliphatic rings. The minimum Gasteiger partial charge on any atom is -0.290 e. The molecule has 0 fully saturated rings. The Morgan fingerprint density at radius 1 is 0.964 bits per heavy atom. The summed E-state index contributed by atoms with van der Waals surface area (Å²) in [7, 11) is 0. The lowest BCUT2D eigenvalue weighted by Crippen LogP contribution is -2.19. The van der Waals surface area contributed by atoms with Gasteiger partial charge in [0.2, 0.25) is 0 Å².